The van der Waals surface area contributed by atoms with Gasteiger partial charge < -0.3 is 10.1 Å². The molecular weight excluding hydrogens is 218 g/mol. The van der Waals surface area contributed by atoms with E-state index in [1.54, 1.807) is 6.07 Å². The van der Waals surface area contributed by atoms with Crippen molar-refractivity contribution in [3.8, 4) is 0 Å². The fraction of sp³-hybridized carbons (Fsp3) is 0.385. The minimum atomic E-state index is -0.404. The van der Waals surface area contributed by atoms with E-state index in [0.29, 0.717) is 11.1 Å². The summed E-state index contributed by atoms with van der Waals surface area (Å²) in [5.74, 6) is -0.442. The lowest BCUT2D eigenvalue weighted by molar-refractivity contribution is 0.0601. The number of anilines is 1. The van der Waals surface area contributed by atoms with Crippen LogP contribution in [-0.4, -0.2) is 25.4 Å². The van der Waals surface area contributed by atoms with E-state index in [2.05, 4.69) is 5.32 Å². The van der Waals surface area contributed by atoms with Gasteiger partial charge in [-0.3, -0.25) is 4.79 Å². The summed E-state index contributed by atoms with van der Waals surface area (Å²) in [4.78, 5) is 23.1. The van der Waals surface area contributed by atoms with Crippen LogP contribution >= 0.6 is 0 Å². The number of nitrogens with one attached hydrogen (secondary N) is 1. The van der Waals surface area contributed by atoms with E-state index in [1.807, 2.05) is 6.07 Å². The first kappa shape index (κ1) is 11.6. The molecular formula is C13H15NO3. The summed E-state index contributed by atoms with van der Waals surface area (Å²) in [7, 11) is 1.35. The van der Waals surface area contributed by atoms with E-state index in [-0.39, 0.29) is 5.78 Å². The minimum absolute atomic E-state index is 0.0384. The molecule has 0 fully saturated rings. The SMILES string of the molecule is COC(=O)c1cc(C(C)=O)cc2c1NCCC2. The van der Waals surface area contributed by atoms with Gasteiger partial charge in [-0.25, -0.2) is 4.79 Å². The van der Waals surface area contributed by atoms with Crippen molar-refractivity contribution in [2.75, 3.05) is 19.0 Å². The number of rotatable bonds is 2. The Balaban J connectivity index is 2.58. The summed E-state index contributed by atoms with van der Waals surface area (Å²) in [6.07, 6.45) is 1.89. The molecule has 0 spiro atoms. The molecule has 0 atom stereocenters. The third-order valence-corrected chi connectivity index (χ3v) is 2.96. The van der Waals surface area contributed by atoms with Crippen LogP contribution < -0.4 is 5.32 Å². The van der Waals surface area contributed by atoms with Gasteiger partial charge in [0.25, 0.3) is 0 Å². The zero-order valence-corrected chi connectivity index (χ0v) is 10.0. The summed E-state index contributed by atoms with van der Waals surface area (Å²) in [5.41, 5.74) is 2.85. The van der Waals surface area contributed by atoms with Crippen LogP contribution in [0.5, 0.6) is 0 Å². The quantitative estimate of drug-likeness (QED) is 0.627. The topological polar surface area (TPSA) is 55.4 Å². The molecule has 1 aromatic rings. The number of ether oxygens (including phenoxy) is 1. The highest BCUT2D eigenvalue weighted by Gasteiger charge is 2.20. The van der Waals surface area contributed by atoms with Crippen molar-refractivity contribution in [1.29, 1.82) is 0 Å². The molecule has 0 aromatic heterocycles. The van der Waals surface area contributed by atoms with Gasteiger partial charge in [0, 0.05) is 12.1 Å². The maximum absolute atomic E-state index is 11.7. The van der Waals surface area contributed by atoms with Crippen LogP contribution in [0, 0.1) is 0 Å². The van der Waals surface area contributed by atoms with Gasteiger partial charge in [0.1, 0.15) is 0 Å². The van der Waals surface area contributed by atoms with Gasteiger partial charge in [-0.1, -0.05) is 0 Å². The van der Waals surface area contributed by atoms with Crippen molar-refractivity contribution in [3.05, 3.63) is 28.8 Å². The Labute approximate surface area is 100.0 Å². The number of hydrogen-bond donors (Lipinski definition) is 1. The molecule has 4 heteroatoms. The summed E-state index contributed by atoms with van der Waals surface area (Å²) < 4.78 is 4.75. The van der Waals surface area contributed by atoms with Gasteiger partial charge in [0.15, 0.2) is 5.78 Å². The van der Waals surface area contributed by atoms with Gasteiger partial charge in [-0.05, 0) is 37.5 Å². The first-order chi connectivity index (χ1) is 8.13. The van der Waals surface area contributed by atoms with Crippen molar-refractivity contribution in [1.82, 2.24) is 0 Å². The minimum Gasteiger partial charge on any atom is -0.465 e. The molecule has 0 saturated heterocycles. The Morgan fingerprint density at radius 2 is 2.12 bits per heavy atom. The third-order valence-electron chi connectivity index (χ3n) is 2.96. The number of Topliss-reactive ketones (excluding diaryl/α,β-unsaturated/α-hetero) is 1. The molecule has 0 bridgehead atoms. The number of hydrogen-bond acceptors (Lipinski definition) is 4. The average molecular weight is 233 g/mol. The molecule has 0 amide bonds. The van der Waals surface area contributed by atoms with Crippen LogP contribution in [0.4, 0.5) is 5.69 Å². The van der Waals surface area contributed by atoms with Crippen LogP contribution in [0.2, 0.25) is 0 Å². The Bertz CT molecular complexity index is 480. The summed E-state index contributed by atoms with van der Waals surface area (Å²) >= 11 is 0. The predicted octanol–water partition coefficient (Wildman–Crippen LogP) is 2.03. The molecule has 0 saturated carbocycles. The molecule has 1 N–H and O–H groups in total. The highest BCUT2D eigenvalue weighted by atomic mass is 16.5. The first-order valence-electron chi connectivity index (χ1n) is 5.63. The van der Waals surface area contributed by atoms with Gasteiger partial charge in [-0.15, -0.1) is 0 Å². The number of carbonyl (C=O) groups is 2. The second kappa shape index (κ2) is 4.57. The van der Waals surface area contributed by atoms with Crippen LogP contribution in [0.15, 0.2) is 12.1 Å². The Kier molecular flexibility index (Phi) is 3.13. The average Bonchev–Trinajstić information content (AvgIpc) is 2.36. The summed E-state index contributed by atoms with van der Waals surface area (Å²) in [5, 5.41) is 3.20. The Hall–Kier alpha value is -1.84. The first-order valence-corrected chi connectivity index (χ1v) is 5.63. The van der Waals surface area contributed by atoms with Crippen molar-refractivity contribution in [2.24, 2.45) is 0 Å². The van der Waals surface area contributed by atoms with Crippen LogP contribution in [0.1, 0.15) is 39.6 Å². The van der Waals surface area contributed by atoms with Crippen LogP contribution in [0.3, 0.4) is 0 Å². The zero-order valence-electron chi connectivity index (χ0n) is 10.0. The Morgan fingerprint density at radius 1 is 1.35 bits per heavy atom. The lowest BCUT2D eigenvalue weighted by Gasteiger charge is -2.21. The second-order valence-corrected chi connectivity index (χ2v) is 4.14. The molecule has 4 nitrogen and oxygen atoms in total. The van der Waals surface area contributed by atoms with Crippen LogP contribution in [-0.2, 0) is 11.2 Å². The standard InChI is InChI=1S/C13H15NO3/c1-8(15)10-6-9-4-3-5-14-12(9)11(7-10)13(16)17-2/h6-7,14H,3-5H2,1-2H3. The predicted molar refractivity (Wildman–Crippen MR) is 64.6 cm³/mol. The molecule has 0 radical (unpaired) electrons. The fourth-order valence-corrected chi connectivity index (χ4v) is 2.07. The van der Waals surface area contributed by atoms with E-state index in [1.165, 1.54) is 14.0 Å². The summed E-state index contributed by atoms with van der Waals surface area (Å²) in [6, 6.07) is 3.46. The highest BCUT2D eigenvalue weighted by Crippen LogP contribution is 2.28. The van der Waals surface area contributed by atoms with Gasteiger partial charge in [0.2, 0.25) is 0 Å². The van der Waals surface area contributed by atoms with Gasteiger partial charge >= 0.3 is 5.97 Å². The number of fused-ring (bicyclic) bond motifs is 1. The molecule has 1 aromatic carbocycles. The largest absolute Gasteiger partial charge is 0.465 e. The number of aryl methyl sites for hydroxylation is 1. The molecule has 2 rings (SSSR count). The van der Waals surface area contributed by atoms with Crippen molar-refractivity contribution in [3.63, 3.8) is 0 Å². The van der Waals surface area contributed by atoms with Crippen molar-refractivity contribution in [2.45, 2.75) is 19.8 Å². The number of carbonyl (C=O) groups excluding carboxylic acids is 2. The fourth-order valence-electron chi connectivity index (χ4n) is 2.07. The molecule has 1 aliphatic rings. The molecule has 1 heterocycles. The number of benzene rings is 1. The molecule has 90 valence electrons. The van der Waals surface area contributed by atoms with Crippen LogP contribution in [0.25, 0.3) is 0 Å². The normalized spacial score (nSPS) is 13.5. The highest BCUT2D eigenvalue weighted by molar-refractivity contribution is 6.02. The molecule has 0 aliphatic carbocycles. The summed E-state index contributed by atoms with van der Waals surface area (Å²) in [6.45, 7) is 2.34. The lowest BCUT2D eigenvalue weighted by atomic mass is 9.95. The number of methoxy groups -OCH3 is 1. The van der Waals surface area contributed by atoms with E-state index in [0.717, 1.165) is 30.6 Å². The smallest absolute Gasteiger partial charge is 0.339 e. The van der Waals surface area contributed by atoms with E-state index < -0.39 is 5.97 Å². The number of esters is 1. The lowest BCUT2D eigenvalue weighted by Crippen LogP contribution is -2.17. The zero-order chi connectivity index (χ0) is 12.4. The monoisotopic (exact) mass is 233 g/mol. The van der Waals surface area contributed by atoms with E-state index >= 15 is 0 Å². The number of ketones is 1. The van der Waals surface area contributed by atoms with Gasteiger partial charge in [-0.2, -0.15) is 0 Å². The van der Waals surface area contributed by atoms with Gasteiger partial charge in [0.05, 0.1) is 18.4 Å². The third kappa shape index (κ3) is 2.16. The molecule has 1 aliphatic heterocycles. The molecule has 17 heavy (non-hydrogen) atoms. The maximum Gasteiger partial charge on any atom is 0.339 e. The van der Waals surface area contributed by atoms with E-state index in [4.69, 9.17) is 4.74 Å². The Morgan fingerprint density at radius 3 is 2.76 bits per heavy atom. The van der Waals surface area contributed by atoms with Crippen molar-refractivity contribution < 1.29 is 14.3 Å². The maximum atomic E-state index is 11.7. The molecule has 0 unspecified atom stereocenters. The van der Waals surface area contributed by atoms with E-state index in [9.17, 15) is 9.59 Å². The van der Waals surface area contributed by atoms with Crippen molar-refractivity contribution >= 4 is 17.4 Å². The second-order valence-electron chi connectivity index (χ2n) is 4.14.